The minimum Gasteiger partial charge on any atom is -0.332 e. The molecule has 142 valence electrons. The Balaban J connectivity index is 2.42. The molecule has 0 saturated heterocycles. The van der Waals surface area contributed by atoms with E-state index in [1.165, 1.54) is 4.90 Å². The number of nitro benzene ring substituents is 2. The van der Waals surface area contributed by atoms with Crippen molar-refractivity contribution in [2.45, 2.75) is 26.4 Å². The predicted octanol–water partition coefficient (Wildman–Crippen LogP) is 4.86. The lowest BCUT2D eigenvalue weighted by molar-refractivity contribution is -0.394. The number of halogens is 2. The standard InChI is InChI=1S/C17H15Cl2N3O5/c1-10(2)20(9-11-3-4-15(18)16(19)5-11)17(23)12-6-13(21(24)25)8-14(7-12)22(26)27/h3-8,10H,9H2,1-2H3. The molecule has 0 N–H and O–H groups in total. The molecule has 27 heavy (non-hydrogen) atoms. The second-order valence-corrected chi connectivity index (χ2v) is 6.84. The monoisotopic (exact) mass is 411 g/mol. The van der Waals surface area contributed by atoms with Crippen LogP contribution in [0.25, 0.3) is 0 Å². The zero-order valence-electron chi connectivity index (χ0n) is 14.4. The van der Waals surface area contributed by atoms with Crippen LogP contribution in [0.1, 0.15) is 29.8 Å². The average molecular weight is 412 g/mol. The predicted molar refractivity (Wildman–Crippen MR) is 101 cm³/mol. The van der Waals surface area contributed by atoms with E-state index >= 15 is 0 Å². The Kier molecular flexibility index (Phi) is 6.35. The molecule has 0 aliphatic heterocycles. The van der Waals surface area contributed by atoms with Crippen LogP contribution in [0.4, 0.5) is 11.4 Å². The molecule has 0 fully saturated rings. The number of nitro groups is 2. The van der Waals surface area contributed by atoms with Crippen LogP contribution in [0, 0.1) is 20.2 Å². The van der Waals surface area contributed by atoms with Crippen molar-refractivity contribution in [1.29, 1.82) is 0 Å². The summed E-state index contributed by atoms with van der Waals surface area (Å²) in [4.78, 5) is 34.9. The zero-order valence-corrected chi connectivity index (χ0v) is 15.9. The second-order valence-electron chi connectivity index (χ2n) is 6.03. The largest absolute Gasteiger partial charge is 0.332 e. The van der Waals surface area contributed by atoms with E-state index in [0.717, 1.165) is 18.2 Å². The molecule has 0 saturated carbocycles. The Labute approximate surface area is 164 Å². The van der Waals surface area contributed by atoms with E-state index < -0.39 is 27.1 Å². The maximum absolute atomic E-state index is 12.9. The van der Waals surface area contributed by atoms with Crippen LogP contribution < -0.4 is 0 Å². The maximum atomic E-state index is 12.9. The third-order valence-electron chi connectivity index (χ3n) is 3.79. The van der Waals surface area contributed by atoms with Gasteiger partial charge in [-0.15, -0.1) is 0 Å². The number of amides is 1. The molecule has 2 aromatic carbocycles. The molecule has 0 aliphatic rings. The summed E-state index contributed by atoms with van der Waals surface area (Å²) >= 11 is 11.9. The van der Waals surface area contributed by atoms with Crippen molar-refractivity contribution in [3.05, 3.63) is 77.8 Å². The van der Waals surface area contributed by atoms with Crippen LogP contribution in [0.5, 0.6) is 0 Å². The summed E-state index contributed by atoms with van der Waals surface area (Å²) < 4.78 is 0. The van der Waals surface area contributed by atoms with Gasteiger partial charge in [0.2, 0.25) is 0 Å². The summed E-state index contributed by atoms with van der Waals surface area (Å²) in [5.74, 6) is -0.567. The Bertz CT molecular complexity index is 885. The molecule has 0 bridgehead atoms. The van der Waals surface area contributed by atoms with Gasteiger partial charge in [0.25, 0.3) is 17.3 Å². The molecule has 0 atom stereocenters. The molecular formula is C17H15Cl2N3O5. The second kappa shape index (κ2) is 8.32. The van der Waals surface area contributed by atoms with Crippen LogP contribution >= 0.6 is 23.2 Å². The fraction of sp³-hybridized carbons (Fsp3) is 0.235. The summed E-state index contributed by atoms with van der Waals surface area (Å²) in [7, 11) is 0. The van der Waals surface area contributed by atoms with Crippen molar-refractivity contribution >= 4 is 40.5 Å². The number of benzene rings is 2. The van der Waals surface area contributed by atoms with E-state index in [1.807, 2.05) is 0 Å². The molecule has 10 heteroatoms. The summed E-state index contributed by atoms with van der Waals surface area (Å²) in [6.45, 7) is 3.69. The molecule has 0 unspecified atom stereocenters. The lowest BCUT2D eigenvalue weighted by Gasteiger charge is -2.27. The molecule has 0 aromatic heterocycles. The van der Waals surface area contributed by atoms with E-state index in [1.54, 1.807) is 32.0 Å². The lowest BCUT2D eigenvalue weighted by atomic mass is 10.1. The van der Waals surface area contributed by atoms with E-state index in [-0.39, 0.29) is 18.2 Å². The highest BCUT2D eigenvalue weighted by Gasteiger charge is 2.25. The van der Waals surface area contributed by atoms with E-state index in [9.17, 15) is 25.0 Å². The van der Waals surface area contributed by atoms with Crippen LogP contribution in [0.3, 0.4) is 0 Å². The first-order valence-corrected chi connectivity index (χ1v) is 8.54. The number of carbonyl (C=O) groups is 1. The van der Waals surface area contributed by atoms with Crippen molar-refractivity contribution in [1.82, 2.24) is 4.90 Å². The third kappa shape index (κ3) is 4.93. The van der Waals surface area contributed by atoms with E-state index in [2.05, 4.69) is 0 Å². The highest BCUT2D eigenvalue weighted by atomic mass is 35.5. The average Bonchev–Trinajstić information content (AvgIpc) is 2.61. The van der Waals surface area contributed by atoms with Gasteiger partial charge >= 0.3 is 0 Å². The first-order chi connectivity index (χ1) is 12.6. The summed E-state index contributed by atoms with van der Waals surface area (Å²) in [6, 6.07) is 7.51. The third-order valence-corrected chi connectivity index (χ3v) is 4.53. The van der Waals surface area contributed by atoms with Crippen LogP contribution in [-0.4, -0.2) is 26.7 Å². The molecule has 8 nitrogen and oxygen atoms in total. The Hall–Kier alpha value is -2.71. The summed E-state index contributed by atoms with van der Waals surface area (Å²) in [6.07, 6.45) is 0. The van der Waals surface area contributed by atoms with Gasteiger partial charge in [0.15, 0.2) is 0 Å². The molecular weight excluding hydrogens is 397 g/mol. The van der Waals surface area contributed by atoms with Crippen LogP contribution in [0.15, 0.2) is 36.4 Å². The zero-order chi connectivity index (χ0) is 20.3. The van der Waals surface area contributed by atoms with Gasteiger partial charge in [-0.25, -0.2) is 0 Å². The molecule has 2 aromatic rings. The molecule has 2 rings (SSSR count). The minimum absolute atomic E-state index is 0.135. The number of rotatable bonds is 6. The Morgan fingerprint density at radius 2 is 1.56 bits per heavy atom. The van der Waals surface area contributed by atoms with Gasteiger partial charge in [-0.05, 0) is 31.5 Å². The fourth-order valence-corrected chi connectivity index (χ4v) is 2.74. The van der Waals surface area contributed by atoms with E-state index in [4.69, 9.17) is 23.2 Å². The van der Waals surface area contributed by atoms with Gasteiger partial charge in [-0.3, -0.25) is 25.0 Å². The number of nitrogens with zero attached hydrogens (tertiary/aromatic N) is 3. The van der Waals surface area contributed by atoms with Crippen molar-refractivity contribution in [3.63, 3.8) is 0 Å². The van der Waals surface area contributed by atoms with Gasteiger partial charge < -0.3 is 4.90 Å². The number of carbonyl (C=O) groups excluding carboxylic acids is 1. The van der Waals surface area contributed by atoms with Crippen molar-refractivity contribution in [3.8, 4) is 0 Å². The fourth-order valence-electron chi connectivity index (χ4n) is 2.42. The van der Waals surface area contributed by atoms with Crippen molar-refractivity contribution < 1.29 is 14.6 Å². The SMILES string of the molecule is CC(C)N(Cc1ccc(Cl)c(Cl)c1)C(=O)c1cc([N+](=O)[O-])cc([N+](=O)[O-])c1. The minimum atomic E-state index is -0.775. The number of hydrogen-bond donors (Lipinski definition) is 0. The highest BCUT2D eigenvalue weighted by Crippen LogP contribution is 2.26. The molecule has 0 spiro atoms. The number of non-ortho nitro benzene ring substituents is 2. The highest BCUT2D eigenvalue weighted by molar-refractivity contribution is 6.42. The number of hydrogen-bond acceptors (Lipinski definition) is 5. The van der Waals surface area contributed by atoms with Gasteiger partial charge in [0.05, 0.1) is 31.5 Å². The van der Waals surface area contributed by atoms with Crippen LogP contribution in [0.2, 0.25) is 10.0 Å². The molecule has 0 aliphatic carbocycles. The van der Waals surface area contributed by atoms with Gasteiger partial charge in [0, 0.05) is 24.7 Å². The smallest absolute Gasteiger partial charge is 0.277 e. The maximum Gasteiger partial charge on any atom is 0.277 e. The van der Waals surface area contributed by atoms with Gasteiger partial charge in [0.1, 0.15) is 0 Å². The van der Waals surface area contributed by atoms with Crippen LogP contribution in [-0.2, 0) is 6.54 Å². The van der Waals surface area contributed by atoms with E-state index in [0.29, 0.717) is 15.6 Å². The Morgan fingerprint density at radius 1 is 1.00 bits per heavy atom. The summed E-state index contributed by atoms with van der Waals surface area (Å²) in [5, 5.41) is 22.8. The summed E-state index contributed by atoms with van der Waals surface area (Å²) in [5.41, 5.74) is -0.479. The normalized spacial score (nSPS) is 10.7. The quantitative estimate of drug-likeness (QED) is 0.498. The lowest BCUT2D eigenvalue weighted by Crippen LogP contribution is -2.36. The molecule has 1 amide bonds. The van der Waals surface area contributed by atoms with Crippen molar-refractivity contribution in [2.75, 3.05) is 0 Å². The van der Waals surface area contributed by atoms with Gasteiger partial charge in [-0.1, -0.05) is 29.3 Å². The topological polar surface area (TPSA) is 107 Å². The molecule has 0 heterocycles. The first kappa shape index (κ1) is 20.6. The molecule has 0 radical (unpaired) electrons. The first-order valence-electron chi connectivity index (χ1n) is 7.79. The Morgan fingerprint density at radius 3 is 2.00 bits per heavy atom. The van der Waals surface area contributed by atoms with Crippen molar-refractivity contribution in [2.24, 2.45) is 0 Å². The van der Waals surface area contributed by atoms with Gasteiger partial charge in [-0.2, -0.15) is 0 Å².